The number of aromatic nitrogens is 2. The average Bonchev–Trinajstić information content (AvgIpc) is 3.10. The van der Waals surface area contributed by atoms with Gasteiger partial charge in [0.05, 0.1) is 11.9 Å². The number of amides is 2. The van der Waals surface area contributed by atoms with Crippen molar-refractivity contribution in [3.05, 3.63) is 58.9 Å². The van der Waals surface area contributed by atoms with Crippen LogP contribution in [0.25, 0.3) is 11.0 Å². The third kappa shape index (κ3) is 2.61. The molecule has 0 bridgehead atoms. The average molecular weight is 342 g/mol. The second-order valence-electron chi connectivity index (χ2n) is 6.14. The molecule has 0 unspecified atom stereocenters. The van der Waals surface area contributed by atoms with E-state index in [1.165, 1.54) is 6.07 Å². The van der Waals surface area contributed by atoms with Crippen molar-refractivity contribution in [1.82, 2.24) is 14.9 Å². The zero-order valence-corrected chi connectivity index (χ0v) is 13.6. The summed E-state index contributed by atoms with van der Waals surface area (Å²) in [6, 6.07) is 4.26. The number of carbonyl (C=O) groups excluding carboxylic acids is 1. The molecule has 7 heteroatoms. The molecule has 2 aromatic heterocycles. The Balaban J connectivity index is 1.55. The molecule has 0 spiro atoms. The van der Waals surface area contributed by atoms with E-state index in [1.54, 1.807) is 17.3 Å². The van der Waals surface area contributed by atoms with Gasteiger partial charge in [-0.05, 0) is 42.2 Å². The van der Waals surface area contributed by atoms with Gasteiger partial charge in [-0.25, -0.2) is 18.6 Å². The van der Waals surface area contributed by atoms with E-state index in [-0.39, 0.29) is 12.6 Å². The lowest BCUT2D eigenvalue weighted by atomic mass is 9.99. The van der Waals surface area contributed by atoms with Crippen molar-refractivity contribution < 1.29 is 13.6 Å². The molecular formula is C18H16F2N4O. The SMILES string of the molecule is Cc1c(NC(=O)N2CCc3c(ccc(F)c3F)C2)cnc2[nH]ccc12. The Morgan fingerprint density at radius 1 is 1.32 bits per heavy atom. The lowest BCUT2D eigenvalue weighted by molar-refractivity contribution is 0.205. The second-order valence-corrected chi connectivity index (χ2v) is 6.14. The lowest BCUT2D eigenvalue weighted by Crippen LogP contribution is -2.39. The molecule has 2 N–H and O–H groups in total. The van der Waals surface area contributed by atoms with Crippen molar-refractivity contribution in [2.45, 2.75) is 19.9 Å². The normalized spacial score (nSPS) is 13.8. The number of aryl methyl sites for hydroxylation is 1. The molecule has 3 aromatic rings. The summed E-state index contributed by atoms with van der Waals surface area (Å²) in [5.41, 5.74) is 3.31. The number of hydrogen-bond donors (Lipinski definition) is 2. The van der Waals surface area contributed by atoms with Crippen molar-refractivity contribution in [2.24, 2.45) is 0 Å². The number of benzene rings is 1. The van der Waals surface area contributed by atoms with Crippen molar-refractivity contribution in [3.8, 4) is 0 Å². The van der Waals surface area contributed by atoms with Crippen LogP contribution in [-0.4, -0.2) is 27.4 Å². The third-order valence-electron chi connectivity index (χ3n) is 4.67. The van der Waals surface area contributed by atoms with Crippen LogP contribution in [0.2, 0.25) is 0 Å². The number of halogens is 2. The first-order chi connectivity index (χ1) is 12.0. The second kappa shape index (κ2) is 5.84. The molecule has 4 rings (SSSR count). The number of fused-ring (bicyclic) bond motifs is 2. The number of hydrogen-bond acceptors (Lipinski definition) is 2. The molecule has 1 aliphatic heterocycles. The van der Waals surface area contributed by atoms with Gasteiger partial charge in [-0.1, -0.05) is 6.07 Å². The fourth-order valence-corrected chi connectivity index (χ4v) is 3.22. The first-order valence-electron chi connectivity index (χ1n) is 7.99. The molecule has 0 aliphatic carbocycles. The van der Waals surface area contributed by atoms with Crippen molar-refractivity contribution in [1.29, 1.82) is 0 Å². The highest BCUT2D eigenvalue weighted by atomic mass is 19.2. The maximum Gasteiger partial charge on any atom is 0.322 e. The van der Waals surface area contributed by atoms with E-state index in [9.17, 15) is 13.6 Å². The van der Waals surface area contributed by atoms with E-state index in [2.05, 4.69) is 15.3 Å². The zero-order valence-electron chi connectivity index (χ0n) is 13.6. The molecule has 25 heavy (non-hydrogen) atoms. The Kier molecular flexibility index (Phi) is 3.63. The summed E-state index contributed by atoms with van der Waals surface area (Å²) in [5, 5.41) is 3.81. The quantitative estimate of drug-likeness (QED) is 0.708. The minimum atomic E-state index is -0.849. The number of nitrogens with zero attached hydrogens (tertiary/aromatic N) is 2. The molecule has 1 aliphatic rings. The number of H-pyrrole nitrogens is 1. The number of anilines is 1. The van der Waals surface area contributed by atoms with Crippen LogP contribution in [0, 0.1) is 18.6 Å². The third-order valence-corrected chi connectivity index (χ3v) is 4.67. The van der Waals surface area contributed by atoms with Crippen LogP contribution in [0.1, 0.15) is 16.7 Å². The molecule has 0 atom stereocenters. The molecule has 3 heterocycles. The highest BCUT2D eigenvalue weighted by molar-refractivity contribution is 5.94. The molecule has 0 radical (unpaired) electrons. The molecule has 2 amide bonds. The standard InChI is InChI=1S/C18H16F2N4O/c1-10-12-4-6-21-17(12)22-8-15(10)23-18(25)24-7-5-13-11(9-24)2-3-14(19)16(13)20/h2-4,6,8H,5,7,9H2,1H3,(H,21,22)(H,23,25). The van der Waals surface area contributed by atoms with Gasteiger partial charge in [-0.2, -0.15) is 0 Å². The van der Waals surface area contributed by atoms with Gasteiger partial charge in [0, 0.05) is 24.7 Å². The highest BCUT2D eigenvalue weighted by Gasteiger charge is 2.24. The van der Waals surface area contributed by atoms with Gasteiger partial charge in [0.25, 0.3) is 0 Å². The van der Waals surface area contributed by atoms with Crippen molar-refractivity contribution >= 4 is 22.8 Å². The van der Waals surface area contributed by atoms with Crippen LogP contribution in [0.3, 0.4) is 0 Å². The Bertz CT molecular complexity index is 983. The van der Waals surface area contributed by atoms with Crippen LogP contribution < -0.4 is 5.32 Å². The van der Waals surface area contributed by atoms with Crippen molar-refractivity contribution in [3.63, 3.8) is 0 Å². The monoisotopic (exact) mass is 342 g/mol. The molecule has 0 saturated carbocycles. The van der Waals surface area contributed by atoms with E-state index in [0.29, 0.717) is 29.8 Å². The van der Waals surface area contributed by atoms with E-state index in [4.69, 9.17) is 0 Å². The first kappa shape index (κ1) is 15.6. The van der Waals surface area contributed by atoms with Gasteiger partial charge >= 0.3 is 6.03 Å². The molecule has 5 nitrogen and oxygen atoms in total. The fourth-order valence-electron chi connectivity index (χ4n) is 3.22. The smallest absolute Gasteiger partial charge is 0.322 e. The highest BCUT2D eigenvalue weighted by Crippen LogP contribution is 2.26. The van der Waals surface area contributed by atoms with E-state index in [1.807, 2.05) is 13.0 Å². The minimum Gasteiger partial charge on any atom is -0.346 e. The predicted octanol–water partition coefficient (Wildman–Crippen LogP) is 3.74. The summed E-state index contributed by atoms with van der Waals surface area (Å²) >= 11 is 0. The summed E-state index contributed by atoms with van der Waals surface area (Å²) < 4.78 is 27.1. The van der Waals surface area contributed by atoms with Crippen LogP contribution in [-0.2, 0) is 13.0 Å². The van der Waals surface area contributed by atoms with E-state index < -0.39 is 11.6 Å². The molecular weight excluding hydrogens is 326 g/mol. The van der Waals surface area contributed by atoms with Crippen LogP contribution >= 0.6 is 0 Å². The first-order valence-corrected chi connectivity index (χ1v) is 7.99. The summed E-state index contributed by atoms with van der Waals surface area (Å²) in [6.07, 6.45) is 3.70. The molecule has 0 saturated heterocycles. The summed E-state index contributed by atoms with van der Waals surface area (Å²) in [4.78, 5) is 21.5. The Labute approximate surface area is 142 Å². The Hall–Kier alpha value is -2.96. The molecule has 1 aromatic carbocycles. The van der Waals surface area contributed by atoms with Gasteiger partial charge in [0.1, 0.15) is 5.65 Å². The van der Waals surface area contributed by atoms with E-state index in [0.717, 1.165) is 22.7 Å². The van der Waals surface area contributed by atoms with Gasteiger partial charge in [0.2, 0.25) is 0 Å². The minimum absolute atomic E-state index is 0.247. The van der Waals surface area contributed by atoms with Gasteiger partial charge in [-0.3, -0.25) is 0 Å². The van der Waals surface area contributed by atoms with Gasteiger partial charge < -0.3 is 15.2 Å². The lowest BCUT2D eigenvalue weighted by Gasteiger charge is -2.29. The number of carbonyl (C=O) groups is 1. The number of nitrogens with one attached hydrogen (secondary N) is 2. The van der Waals surface area contributed by atoms with Gasteiger partial charge in [0.15, 0.2) is 11.6 Å². The maximum atomic E-state index is 13.8. The van der Waals surface area contributed by atoms with E-state index >= 15 is 0 Å². The summed E-state index contributed by atoms with van der Waals surface area (Å²) in [6.45, 7) is 2.49. The Morgan fingerprint density at radius 3 is 3.00 bits per heavy atom. The summed E-state index contributed by atoms with van der Waals surface area (Å²) in [5.74, 6) is -1.66. The Morgan fingerprint density at radius 2 is 2.16 bits per heavy atom. The topological polar surface area (TPSA) is 61.0 Å². The zero-order chi connectivity index (χ0) is 17.6. The number of aromatic amines is 1. The van der Waals surface area contributed by atoms with Crippen LogP contribution in [0.15, 0.2) is 30.6 Å². The van der Waals surface area contributed by atoms with Gasteiger partial charge in [-0.15, -0.1) is 0 Å². The molecule has 128 valence electrons. The summed E-state index contributed by atoms with van der Waals surface area (Å²) in [7, 11) is 0. The largest absolute Gasteiger partial charge is 0.346 e. The maximum absolute atomic E-state index is 13.8. The number of pyridine rings is 1. The van der Waals surface area contributed by atoms with Crippen LogP contribution in [0.5, 0.6) is 0 Å². The van der Waals surface area contributed by atoms with Crippen LogP contribution in [0.4, 0.5) is 19.3 Å². The number of urea groups is 1. The molecule has 0 fully saturated rings. The predicted molar refractivity (Wildman–Crippen MR) is 90.3 cm³/mol. The fraction of sp³-hybridized carbons (Fsp3) is 0.222. The number of rotatable bonds is 1. The van der Waals surface area contributed by atoms with Crippen molar-refractivity contribution in [2.75, 3.05) is 11.9 Å².